The predicted molar refractivity (Wildman–Crippen MR) is 112 cm³/mol. The molecule has 0 amide bonds. The van der Waals surface area contributed by atoms with Gasteiger partial charge in [0.05, 0.1) is 5.69 Å². The number of aromatic nitrogens is 1. The summed E-state index contributed by atoms with van der Waals surface area (Å²) in [5.74, 6) is 1.90. The third-order valence-corrected chi connectivity index (χ3v) is 5.18. The minimum atomic E-state index is -0.272. The smallest absolute Gasteiger partial charge is 0.226 e. The van der Waals surface area contributed by atoms with Crippen LogP contribution in [0.3, 0.4) is 0 Å². The van der Waals surface area contributed by atoms with Crippen LogP contribution in [0.15, 0.2) is 39.9 Å². The third-order valence-electron chi connectivity index (χ3n) is 5.18. The summed E-state index contributed by atoms with van der Waals surface area (Å²) in [4.78, 5) is 11.4. The molecule has 3 rings (SSSR count). The molecule has 29 heavy (non-hydrogen) atoms. The molecular formula is C22H31FN4O2. The average molecular weight is 403 g/mol. The van der Waals surface area contributed by atoms with Gasteiger partial charge in [0.2, 0.25) is 5.89 Å². The molecule has 1 aliphatic rings. The van der Waals surface area contributed by atoms with E-state index < -0.39 is 0 Å². The molecule has 7 heteroatoms. The third kappa shape index (κ3) is 6.56. The Bertz CT molecular complexity index is 769. The van der Waals surface area contributed by atoms with Gasteiger partial charge in [-0.2, -0.15) is 0 Å². The minimum absolute atomic E-state index is 0.272. The van der Waals surface area contributed by atoms with Gasteiger partial charge < -0.3 is 19.4 Å². The first-order valence-electron chi connectivity index (χ1n) is 10.4. The van der Waals surface area contributed by atoms with Crippen LogP contribution in [0.25, 0.3) is 11.5 Å². The normalized spacial score (nSPS) is 15.5. The quantitative estimate of drug-likeness (QED) is 0.538. The van der Waals surface area contributed by atoms with Gasteiger partial charge >= 0.3 is 0 Å². The molecule has 158 valence electrons. The van der Waals surface area contributed by atoms with Crippen LogP contribution in [-0.4, -0.2) is 55.7 Å². The van der Waals surface area contributed by atoms with E-state index in [9.17, 15) is 4.39 Å². The van der Waals surface area contributed by atoms with E-state index in [2.05, 4.69) is 29.2 Å². The van der Waals surface area contributed by atoms with Crippen LogP contribution >= 0.6 is 0 Å². The maximum atomic E-state index is 13.1. The number of halogens is 1. The average Bonchev–Trinajstić information content (AvgIpc) is 3.21. The highest BCUT2D eigenvalue weighted by atomic mass is 19.1. The summed E-state index contributed by atoms with van der Waals surface area (Å²) in [5, 5.41) is 3.36. The number of hydrogen-bond donors (Lipinski definition) is 1. The number of ether oxygens (including phenoxy) is 1. The van der Waals surface area contributed by atoms with E-state index in [0.717, 1.165) is 68.7 Å². The highest BCUT2D eigenvalue weighted by molar-refractivity contribution is 5.79. The second-order valence-corrected chi connectivity index (χ2v) is 7.40. The molecular weight excluding hydrogens is 371 g/mol. The molecule has 0 spiro atoms. The van der Waals surface area contributed by atoms with Gasteiger partial charge in [-0.05, 0) is 56.4 Å². The molecule has 1 fully saturated rings. The summed E-state index contributed by atoms with van der Waals surface area (Å²) < 4.78 is 24.0. The molecule has 0 atom stereocenters. The Morgan fingerprint density at radius 2 is 2.03 bits per heavy atom. The highest BCUT2D eigenvalue weighted by Gasteiger charge is 2.15. The van der Waals surface area contributed by atoms with Gasteiger partial charge in [0.1, 0.15) is 12.1 Å². The van der Waals surface area contributed by atoms with Crippen LogP contribution in [0.2, 0.25) is 0 Å². The Hall–Kier alpha value is -2.41. The van der Waals surface area contributed by atoms with E-state index in [-0.39, 0.29) is 5.82 Å². The van der Waals surface area contributed by atoms with Crippen molar-refractivity contribution in [3.63, 3.8) is 0 Å². The molecule has 0 aliphatic carbocycles. The van der Waals surface area contributed by atoms with Crippen molar-refractivity contribution in [2.24, 2.45) is 10.9 Å². The lowest BCUT2D eigenvalue weighted by Gasteiger charge is -2.26. The van der Waals surface area contributed by atoms with Crippen molar-refractivity contribution < 1.29 is 13.5 Å². The van der Waals surface area contributed by atoms with E-state index in [1.807, 2.05) is 0 Å². The predicted octanol–water partition coefficient (Wildman–Crippen LogP) is 3.74. The summed E-state index contributed by atoms with van der Waals surface area (Å²) in [6.07, 6.45) is 5.81. The van der Waals surface area contributed by atoms with Gasteiger partial charge in [0, 0.05) is 51.9 Å². The van der Waals surface area contributed by atoms with Gasteiger partial charge in [0.15, 0.2) is 5.96 Å². The monoisotopic (exact) mass is 402 g/mol. The summed E-state index contributed by atoms with van der Waals surface area (Å²) >= 11 is 0. The molecule has 6 nitrogen and oxygen atoms in total. The van der Waals surface area contributed by atoms with Crippen LogP contribution in [0.4, 0.5) is 4.39 Å². The fraction of sp³-hybridized carbons (Fsp3) is 0.545. The summed E-state index contributed by atoms with van der Waals surface area (Å²) in [6.45, 7) is 6.29. The Kier molecular flexibility index (Phi) is 8.04. The van der Waals surface area contributed by atoms with Crippen molar-refractivity contribution in [2.75, 3.05) is 39.9 Å². The van der Waals surface area contributed by atoms with Crippen molar-refractivity contribution in [1.82, 2.24) is 15.2 Å². The second-order valence-electron chi connectivity index (χ2n) is 7.40. The van der Waals surface area contributed by atoms with Crippen LogP contribution in [0.1, 0.15) is 31.9 Å². The molecule has 1 aliphatic heterocycles. The minimum Gasteiger partial charge on any atom is -0.444 e. The molecule has 2 heterocycles. The summed E-state index contributed by atoms with van der Waals surface area (Å²) in [6, 6.07) is 6.14. The first kappa shape index (κ1) is 21.3. The standard InChI is InChI=1S/C22H31FN4O2/c1-3-24-22(27(2)13-9-17-10-14-28-15-11-17)25-12-8-20-16-29-21(26-20)18-4-6-19(23)7-5-18/h4-7,16-17H,3,8-15H2,1-2H3,(H,24,25). The maximum absolute atomic E-state index is 13.1. The van der Waals surface area contributed by atoms with E-state index in [1.165, 1.54) is 12.1 Å². The Morgan fingerprint density at radius 1 is 1.28 bits per heavy atom. The molecule has 1 saturated heterocycles. The summed E-state index contributed by atoms with van der Waals surface area (Å²) in [5.41, 5.74) is 1.61. The van der Waals surface area contributed by atoms with Crippen molar-refractivity contribution in [3.05, 3.63) is 42.0 Å². The largest absolute Gasteiger partial charge is 0.444 e. The van der Waals surface area contributed by atoms with Gasteiger partial charge in [-0.25, -0.2) is 9.37 Å². The van der Waals surface area contributed by atoms with Crippen LogP contribution in [0, 0.1) is 11.7 Å². The van der Waals surface area contributed by atoms with Gasteiger partial charge in [-0.1, -0.05) is 0 Å². The first-order chi connectivity index (χ1) is 14.2. The lowest BCUT2D eigenvalue weighted by Crippen LogP contribution is -2.40. The molecule has 0 bridgehead atoms. The van der Waals surface area contributed by atoms with Crippen LogP contribution in [0.5, 0.6) is 0 Å². The molecule has 1 aromatic heterocycles. The Balaban J connectivity index is 1.51. The van der Waals surface area contributed by atoms with Crippen molar-refractivity contribution >= 4 is 5.96 Å². The number of guanidine groups is 1. The number of benzene rings is 1. The zero-order chi connectivity index (χ0) is 20.5. The first-order valence-corrected chi connectivity index (χ1v) is 10.4. The lowest BCUT2D eigenvalue weighted by atomic mass is 9.96. The van der Waals surface area contributed by atoms with E-state index in [1.54, 1.807) is 18.4 Å². The maximum Gasteiger partial charge on any atom is 0.226 e. The second kappa shape index (κ2) is 11.0. The molecule has 1 N–H and O–H groups in total. The fourth-order valence-corrected chi connectivity index (χ4v) is 3.41. The number of oxazole rings is 1. The zero-order valence-electron chi connectivity index (χ0n) is 17.4. The van der Waals surface area contributed by atoms with Gasteiger partial charge in [0.25, 0.3) is 0 Å². The number of aliphatic imine (C=N–C) groups is 1. The van der Waals surface area contributed by atoms with Crippen molar-refractivity contribution in [2.45, 2.75) is 32.6 Å². The Labute approximate surface area is 172 Å². The van der Waals surface area contributed by atoms with E-state index in [0.29, 0.717) is 18.9 Å². The van der Waals surface area contributed by atoms with Crippen LogP contribution < -0.4 is 5.32 Å². The number of hydrogen-bond acceptors (Lipinski definition) is 4. The number of rotatable bonds is 8. The summed E-state index contributed by atoms with van der Waals surface area (Å²) in [7, 11) is 2.09. The van der Waals surface area contributed by atoms with Crippen LogP contribution in [-0.2, 0) is 11.2 Å². The zero-order valence-corrected chi connectivity index (χ0v) is 17.4. The topological polar surface area (TPSA) is 62.9 Å². The number of nitrogens with one attached hydrogen (secondary N) is 1. The Morgan fingerprint density at radius 3 is 2.76 bits per heavy atom. The van der Waals surface area contributed by atoms with Gasteiger partial charge in [-0.15, -0.1) is 0 Å². The van der Waals surface area contributed by atoms with Gasteiger partial charge in [-0.3, -0.25) is 4.99 Å². The SMILES string of the molecule is CCNC(=NCCc1coc(-c2ccc(F)cc2)n1)N(C)CCC1CCOCC1. The molecule has 1 aromatic carbocycles. The van der Waals surface area contributed by atoms with E-state index >= 15 is 0 Å². The lowest BCUT2D eigenvalue weighted by molar-refractivity contribution is 0.0625. The molecule has 0 unspecified atom stereocenters. The fourth-order valence-electron chi connectivity index (χ4n) is 3.41. The number of nitrogens with zero attached hydrogens (tertiary/aromatic N) is 3. The van der Waals surface area contributed by atoms with E-state index in [4.69, 9.17) is 14.1 Å². The highest BCUT2D eigenvalue weighted by Crippen LogP contribution is 2.20. The molecule has 2 aromatic rings. The van der Waals surface area contributed by atoms with Crippen molar-refractivity contribution in [3.8, 4) is 11.5 Å². The molecule has 0 radical (unpaired) electrons. The van der Waals surface area contributed by atoms with Crippen molar-refractivity contribution in [1.29, 1.82) is 0 Å². The molecule has 0 saturated carbocycles.